The summed E-state index contributed by atoms with van der Waals surface area (Å²) in [6.45, 7) is 2.69. The lowest BCUT2D eigenvalue weighted by Gasteiger charge is -2.33. The van der Waals surface area contributed by atoms with Crippen molar-refractivity contribution in [3.63, 3.8) is 0 Å². The van der Waals surface area contributed by atoms with Crippen LogP contribution in [0.2, 0.25) is 0 Å². The number of benzene rings is 1. The first-order valence-electron chi connectivity index (χ1n) is 11.6. The molecule has 3 amide bonds. The lowest BCUT2D eigenvalue weighted by atomic mass is 9.85. The Morgan fingerprint density at radius 1 is 1.15 bits per heavy atom. The highest BCUT2D eigenvalue weighted by molar-refractivity contribution is 6.05. The van der Waals surface area contributed by atoms with E-state index in [1.54, 1.807) is 19.4 Å². The largest absolute Gasteiger partial charge is 0.495 e. The quantitative estimate of drug-likeness (QED) is 0.681. The summed E-state index contributed by atoms with van der Waals surface area (Å²) in [6.07, 6.45) is 3.89. The smallest absolute Gasteiger partial charge is 0.255 e. The van der Waals surface area contributed by atoms with Crippen molar-refractivity contribution >= 4 is 17.7 Å². The summed E-state index contributed by atoms with van der Waals surface area (Å²) in [5.74, 6) is -0.693. The van der Waals surface area contributed by atoms with Crippen molar-refractivity contribution in [2.75, 3.05) is 20.2 Å². The van der Waals surface area contributed by atoms with Crippen LogP contribution in [0.25, 0.3) is 0 Å². The molecule has 1 N–H and O–H groups in total. The number of nitrogens with one attached hydrogen (secondary N) is 1. The number of hydrogen-bond acceptors (Lipinski definition) is 6. The molecule has 1 atom stereocenters. The van der Waals surface area contributed by atoms with Crippen LogP contribution in [0.5, 0.6) is 5.75 Å². The summed E-state index contributed by atoms with van der Waals surface area (Å²) in [5.41, 5.74) is 2.98. The predicted molar refractivity (Wildman–Crippen MR) is 120 cm³/mol. The van der Waals surface area contributed by atoms with Gasteiger partial charge in [0.2, 0.25) is 11.8 Å². The number of rotatable bonds is 5. The van der Waals surface area contributed by atoms with Crippen LogP contribution >= 0.6 is 0 Å². The number of fused-ring (bicyclic) bond motifs is 1. The van der Waals surface area contributed by atoms with E-state index in [1.165, 1.54) is 11.0 Å². The molecule has 2 fully saturated rings. The average molecular weight is 467 g/mol. The summed E-state index contributed by atoms with van der Waals surface area (Å²) in [5, 5.41) is 2.31. The Bertz CT molecular complexity index is 1130. The molecule has 178 valence electrons. The fraction of sp³-hybridized carbons (Fsp3) is 0.440. The van der Waals surface area contributed by atoms with E-state index < -0.39 is 17.8 Å². The summed E-state index contributed by atoms with van der Waals surface area (Å²) >= 11 is 0. The Morgan fingerprint density at radius 3 is 2.62 bits per heavy atom. The van der Waals surface area contributed by atoms with Crippen molar-refractivity contribution in [2.24, 2.45) is 0 Å². The van der Waals surface area contributed by atoms with Crippen LogP contribution in [-0.2, 0) is 22.7 Å². The van der Waals surface area contributed by atoms with Gasteiger partial charge in [0.15, 0.2) is 0 Å². The fourth-order valence-corrected chi connectivity index (χ4v) is 5.27. The maximum Gasteiger partial charge on any atom is 0.255 e. The second-order valence-corrected chi connectivity index (χ2v) is 9.16. The third-order valence-corrected chi connectivity index (χ3v) is 7.10. The fourth-order valence-electron chi connectivity index (χ4n) is 5.27. The molecule has 0 spiro atoms. The van der Waals surface area contributed by atoms with Crippen molar-refractivity contribution in [3.05, 3.63) is 58.7 Å². The number of amides is 3. The molecule has 9 heteroatoms. The number of ether oxygens (including phenoxy) is 1. The van der Waals surface area contributed by atoms with Gasteiger partial charge >= 0.3 is 0 Å². The van der Waals surface area contributed by atoms with Crippen molar-refractivity contribution in [2.45, 2.75) is 50.7 Å². The van der Waals surface area contributed by atoms with E-state index in [-0.39, 0.29) is 30.7 Å². The van der Waals surface area contributed by atoms with E-state index in [0.717, 1.165) is 55.0 Å². The molecule has 0 saturated carbocycles. The van der Waals surface area contributed by atoms with Crippen LogP contribution in [0.4, 0.5) is 4.39 Å². The number of halogens is 1. The summed E-state index contributed by atoms with van der Waals surface area (Å²) in [4.78, 5) is 45.2. The molecule has 0 bridgehead atoms. The summed E-state index contributed by atoms with van der Waals surface area (Å²) < 4.78 is 19.7. The number of aromatic nitrogens is 1. The Kier molecular flexibility index (Phi) is 6.03. The van der Waals surface area contributed by atoms with E-state index in [2.05, 4.69) is 15.2 Å². The number of hydrogen-bond donors (Lipinski definition) is 1. The van der Waals surface area contributed by atoms with E-state index in [0.29, 0.717) is 12.0 Å². The highest BCUT2D eigenvalue weighted by atomic mass is 19.1. The molecule has 1 aromatic carbocycles. The van der Waals surface area contributed by atoms with Gasteiger partial charge in [-0.3, -0.25) is 29.6 Å². The number of carbonyl (C=O) groups excluding carboxylic acids is 3. The van der Waals surface area contributed by atoms with Gasteiger partial charge in [0.1, 0.15) is 17.6 Å². The van der Waals surface area contributed by atoms with Gasteiger partial charge in [0, 0.05) is 25.1 Å². The number of piperidine rings is 2. The summed E-state index contributed by atoms with van der Waals surface area (Å²) in [6, 6.07) is 5.98. The van der Waals surface area contributed by atoms with E-state index in [9.17, 15) is 18.8 Å². The molecule has 1 aromatic heterocycles. The van der Waals surface area contributed by atoms with Crippen molar-refractivity contribution in [3.8, 4) is 5.75 Å². The van der Waals surface area contributed by atoms with Gasteiger partial charge in [-0.15, -0.1) is 0 Å². The van der Waals surface area contributed by atoms with E-state index >= 15 is 0 Å². The molecule has 1 unspecified atom stereocenters. The molecule has 2 saturated heterocycles. The minimum atomic E-state index is -0.702. The Labute approximate surface area is 197 Å². The van der Waals surface area contributed by atoms with Crippen LogP contribution in [0, 0.1) is 5.82 Å². The highest BCUT2D eigenvalue weighted by Crippen LogP contribution is 2.38. The van der Waals surface area contributed by atoms with Gasteiger partial charge in [0.25, 0.3) is 5.91 Å². The molecule has 3 aliphatic rings. The zero-order chi connectivity index (χ0) is 23.8. The van der Waals surface area contributed by atoms with Crippen LogP contribution < -0.4 is 10.1 Å². The van der Waals surface area contributed by atoms with Gasteiger partial charge < -0.3 is 9.64 Å². The lowest BCUT2D eigenvalue weighted by molar-refractivity contribution is -0.136. The topological polar surface area (TPSA) is 91.8 Å². The van der Waals surface area contributed by atoms with Crippen LogP contribution in [0.3, 0.4) is 0 Å². The van der Waals surface area contributed by atoms with Gasteiger partial charge in [0.05, 0.1) is 19.0 Å². The van der Waals surface area contributed by atoms with Crippen molar-refractivity contribution < 1.29 is 23.5 Å². The number of imide groups is 1. The third kappa shape index (κ3) is 4.27. The molecule has 0 aliphatic carbocycles. The molecule has 34 heavy (non-hydrogen) atoms. The van der Waals surface area contributed by atoms with Crippen molar-refractivity contribution in [1.29, 1.82) is 0 Å². The number of pyridine rings is 1. The third-order valence-electron chi connectivity index (χ3n) is 7.10. The Hall–Kier alpha value is -3.33. The van der Waals surface area contributed by atoms with Crippen LogP contribution in [0.1, 0.15) is 58.8 Å². The number of nitrogens with zero attached hydrogens (tertiary/aromatic N) is 3. The van der Waals surface area contributed by atoms with E-state index in [4.69, 9.17) is 4.74 Å². The average Bonchev–Trinajstić information content (AvgIpc) is 3.15. The van der Waals surface area contributed by atoms with Gasteiger partial charge in [-0.05, 0) is 73.7 Å². The first-order valence-corrected chi connectivity index (χ1v) is 11.6. The lowest BCUT2D eigenvalue weighted by Crippen LogP contribution is -2.52. The van der Waals surface area contributed by atoms with Gasteiger partial charge in [-0.1, -0.05) is 0 Å². The second kappa shape index (κ2) is 9.13. The molecule has 8 nitrogen and oxygen atoms in total. The first-order chi connectivity index (χ1) is 16.4. The zero-order valence-electron chi connectivity index (χ0n) is 19.1. The summed E-state index contributed by atoms with van der Waals surface area (Å²) in [7, 11) is 1.61. The number of likely N-dealkylation sites (tertiary alicyclic amines) is 1. The molecule has 2 aromatic rings. The van der Waals surface area contributed by atoms with Crippen LogP contribution in [-0.4, -0.2) is 58.7 Å². The second-order valence-electron chi connectivity index (χ2n) is 9.16. The maximum absolute atomic E-state index is 14.6. The van der Waals surface area contributed by atoms with Crippen molar-refractivity contribution in [1.82, 2.24) is 20.1 Å². The molecule has 0 radical (unpaired) electrons. The monoisotopic (exact) mass is 466 g/mol. The minimum absolute atomic E-state index is 0.138. The van der Waals surface area contributed by atoms with E-state index in [1.807, 2.05) is 12.1 Å². The van der Waals surface area contributed by atoms with Crippen LogP contribution in [0.15, 0.2) is 30.5 Å². The highest BCUT2D eigenvalue weighted by Gasteiger charge is 2.41. The normalized spacial score (nSPS) is 21.5. The molecular weight excluding hydrogens is 439 g/mol. The molecular formula is C25H27FN4O4. The molecule has 4 heterocycles. The maximum atomic E-state index is 14.6. The Balaban J connectivity index is 1.29. The first kappa shape index (κ1) is 22.5. The SMILES string of the molecule is COc1ccc(CN2CCC(c3cc(F)cc4c3CN(C3CCC(=O)NC3=O)C4=O)CC2)nc1. The standard InChI is InChI=1S/C25H27FN4O4/c1-34-18-3-2-17(27-12-18)13-29-8-6-15(7-9-29)19-10-16(26)11-20-21(19)14-30(25(20)33)22-4-5-23(31)28-24(22)32/h2-3,10-12,15,22H,4-9,13-14H2,1H3,(H,28,31,32). The van der Waals surface area contributed by atoms with Gasteiger partial charge in [-0.2, -0.15) is 0 Å². The number of methoxy groups -OCH3 is 1. The zero-order valence-corrected chi connectivity index (χ0v) is 19.1. The Morgan fingerprint density at radius 2 is 1.94 bits per heavy atom. The predicted octanol–water partition coefficient (Wildman–Crippen LogP) is 2.37. The van der Waals surface area contributed by atoms with Gasteiger partial charge in [-0.25, -0.2) is 4.39 Å². The molecule has 5 rings (SSSR count). The molecule has 3 aliphatic heterocycles. The number of carbonyl (C=O) groups is 3. The minimum Gasteiger partial charge on any atom is -0.495 e.